The molecule has 0 aliphatic heterocycles. The summed E-state index contributed by atoms with van der Waals surface area (Å²) in [6.07, 6.45) is 0.942. The molecule has 1 heterocycles. The molecule has 0 aliphatic carbocycles. The van der Waals surface area contributed by atoms with Crippen LogP contribution < -0.4 is 0 Å². The number of carbonyl (C=O) groups is 1. The lowest BCUT2D eigenvalue weighted by Crippen LogP contribution is -2.10. The summed E-state index contributed by atoms with van der Waals surface area (Å²) in [5.74, 6) is -0.570. The van der Waals surface area contributed by atoms with Crippen LogP contribution in [0.2, 0.25) is 0 Å². The van der Waals surface area contributed by atoms with E-state index >= 15 is 0 Å². The second-order valence-electron chi connectivity index (χ2n) is 3.35. The Morgan fingerprint density at radius 1 is 1.44 bits per heavy atom. The van der Waals surface area contributed by atoms with Crippen molar-refractivity contribution < 1.29 is 22.1 Å². The molecule has 1 aromatic heterocycles. The van der Waals surface area contributed by atoms with Gasteiger partial charge in [-0.15, -0.1) is 0 Å². The molecule has 1 rings (SSSR count). The third kappa shape index (κ3) is 5.11. The van der Waals surface area contributed by atoms with E-state index in [0.29, 0.717) is 10.2 Å². The molecule has 0 N–H and O–H groups in total. The molecule has 1 aromatic rings. The van der Waals surface area contributed by atoms with Crippen molar-refractivity contribution in [1.82, 2.24) is 4.98 Å². The van der Waals surface area contributed by atoms with E-state index in [1.807, 2.05) is 0 Å². The zero-order chi connectivity index (χ0) is 13.8. The molecule has 8 heteroatoms. The molecule has 0 atom stereocenters. The van der Waals surface area contributed by atoms with Crippen molar-refractivity contribution in [2.75, 3.05) is 12.9 Å². The van der Waals surface area contributed by atoms with Gasteiger partial charge in [0.1, 0.15) is 12.3 Å². The van der Waals surface area contributed by atoms with Crippen molar-refractivity contribution in [3.05, 3.63) is 28.0 Å². The van der Waals surface area contributed by atoms with Crippen LogP contribution in [-0.4, -0.2) is 32.2 Å². The molecule has 0 unspecified atom stereocenters. The zero-order valence-corrected chi connectivity index (χ0v) is 12.2. The number of hydrogen-bond acceptors (Lipinski definition) is 6. The molecule has 0 spiro atoms. The van der Waals surface area contributed by atoms with Gasteiger partial charge in [-0.05, 0) is 19.1 Å². The Morgan fingerprint density at radius 2 is 2.11 bits per heavy atom. The Labute approximate surface area is 114 Å². The number of rotatable bonds is 5. The van der Waals surface area contributed by atoms with Gasteiger partial charge in [0.25, 0.3) is 10.1 Å². The first-order chi connectivity index (χ1) is 8.31. The van der Waals surface area contributed by atoms with E-state index in [-0.39, 0.29) is 18.9 Å². The molecule has 100 valence electrons. The first-order valence-corrected chi connectivity index (χ1v) is 7.60. The van der Waals surface area contributed by atoms with E-state index in [2.05, 4.69) is 25.1 Å². The monoisotopic (exact) mass is 337 g/mol. The predicted molar refractivity (Wildman–Crippen MR) is 67.5 cm³/mol. The molecular weight excluding hydrogens is 326 g/mol. The van der Waals surface area contributed by atoms with Crippen LogP contribution in [0.25, 0.3) is 0 Å². The van der Waals surface area contributed by atoms with Gasteiger partial charge in [0.15, 0.2) is 0 Å². The fourth-order valence-electron chi connectivity index (χ4n) is 1.10. The molecule has 0 bridgehead atoms. The van der Waals surface area contributed by atoms with Gasteiger partial charge in [-0.1, -0.05) is 15.9 Å². The SMILES string of the molecule is CCOC(=O)c1cc(Br)cc(COS(C)(=O)=O)n1. The largest absolute Gasteiger partial charge is 0.461 e. The van der Waals surface area contributed by atoms with E-state index in [4.69, 9.17) is 4.74 Å². The second-order valence-corrected chi connectivity index (χ2v) is 5.91. The van der Waals surface area contributed by atoms with Crippen molar-refractivity contribution in [2.24, 2.45) is 0 Å². The van der Waals surface area contributed by atoms with Crippen LogP contribution in [0, 0.1) is 0 Å². The summed E-state index contributed by atoms with van der Waals surface area (Å²) in [5, 5.41) is 0. The number of hydrogen-bond donors (Lipinski definition) is 0. The highest BCUT2D eigenvalue weighted by molar-refractivity contribution is 9.10. The standard InChI is InChI=1S/C10H12BrNO5S/c1-3-16-10(13)9-5-7(11)4-8(12-9)6-17-18(2,14)15/h4-5H,3,6H2,1-2H3. The number of aromatic nitrogens is 1. The molecule has 0 saturated carbocycles. The molecule has 18 heavy (non-hydrogen) atoms. The fourth-order valence-corrected chi connectivity index (χ4v) is 1.92. The number of carbonyl (C=O) groups excluding carboxylic acids is 1. The summed E-state index contributed by atoms with van der Waals surface area (Å²) in [7, 11) is -3.55. The van der Waals surface area contributed by atoms with Gasteiger partial charge in [0.05, 0.1) is 18.6 Å². The maximum Gasteiger partial charge on any atom is 0.356 e. The molecular formula is C10H12BrNO5S. The minimum absolute atomic E-state index is 0.0957. The van der Waals surface area contributed by atoms with Gasteiger partial charge in [-0.3, -0.25) is 4.18 Å². The zero-order valence-electron chi connectivity index (χ0n) is 9.84. The smallest absolute Gasteiger partial charge is 0.356 e. The van der Waals surface area contributed by atoms with E-state index in [0.717, 1.165) is 6.26 Å². The van der Waals surface area contributed by atoms with Crippen LogP contribution in [-0.2, 0) is 25.6 Å². The molecule has 0 aromatic carbocycles. The highest BCUT2D eigenvalue weighted by Gasteiger charge is 2.12. The average molecular weight is 338 g/mol. The fraction of sp³-hybridized carbons (Fsp3) is 0.400. The van der Waals surface area contributed by atoms with Gasteiger partial charge in [-0.2, -0.15) is 8.42 Å². The van der Waals surface area contributed by atoms with E-state index in [1.165, 1.54) is 6.07 Å². The normalized spacial score (nSPS) is 11.3. The average Bonchev–Trinajstić information content (AvgIpc) is 2.25. The van der Waals surface area contributed by atoms with E-state index < -0.39 is 16.1 Å². The Kier molecular flexibility index (Phi) is 5.24. The summed E-state index contributed by atoms with van der Waals surface area (Å²) in [4.78, 5) is 15.4. The maximum atomic E-state index is 11.5. The van der Waals surface area contributed by atoms with E-state index in [1.54, 1.807) is 13.0 Å². The van der Waals surface area contributed by atoms with Crippen LogP contribution in [0.15, 0.2) is 16.6 Å². The Bertz CT molecular complexity index is 543. The summed E-state index contributed by atoms with van der Waals surface area (Å²) in [6, 6.07) is 3.05. The summed E-state index contributed by atoms with van der Waals surface area (Å²) >= 11 is 3.20. The topological polar surface area (TPSA) is 82.6 Å². The summed E-state index contributed by atoms with van der Waals surface area (Å²) in [6.45, 7) is 1.69. The van der Waals surface area contributed by atoms with Crippen LogP contribution in [0.4, 0.5) is 0 Å². The van der Waals surface area contributed by atoms with Gasteiger partial charge >= 0.3 is 5.97 Å². The first-order valence-electron chi connectivity index (χ1n) is 5.00. The third-order valence-electron chi connectivity index (χ3n) is 1.75. The number of ether oxygens (including phenoxy) is 1. The molecule has 0 radical (unpaired) electrons. The Hall–Kier alpha value is -0.990. The van der Waals surface area contributed by atoms with Gasteiger partial charge in [0.2, 0.25) is 0 Å². The summed E-state index contributed by atoms with van der Waals surface area (Å²) in [5.41, 5.74) is 0.413. The predicted octanol–water partition coefficient (Wildman–Crippen LogP) is 1.50. The second kappa shape index (κ2) is 6.26. The highest BCUT2D eigenvalue weighted by Crippen LogP contribution is 2.14. The van der Waals surface area contributed by atoms with Crippen molar-refractivity contribution in [3.63, 3.8) is 0 Å². The first kappa shape index (κ1) is 15.1. The number of halogens is 1. The molecule has 0 amide bonds. The van der Waals surface area contributed by atoms with Gasteiger partial charge in [0, 0.05) is 4.47 Å². The van der Waals surface area contributed by atoms with Crippen LogP contribution in [0.5, 0.6) is 0 Å². The quantitative estimate of drug-likeness (QED) is 0.598. The minimum atomic E-state index is -3.55. The van der Waals surface area contributed by atoms with Gasteiger partial charge in [-0.25, -0.2) is 9.78 Å². The number of pyridine rings is 1. The molecule has 0 fully saturated rings. The minimum Gasteiger partial charge on any atom is -0.461 e. The van der Waals surface area contributed by atoms with Crippen LogP contribution >= 0.6 is 15.9 Å². The maximum absolute atomic E-state index is 11.5. The van der Waals surface area contributed by atoms with Crippen molar-refractivity contribution in [3.8, 4) is 0 Å². The van der Waals surface area contributed by atoms with Crippen LogP contribution in [0.3, 0.4) is 0 Å². The molecule has 6 nitrogen and oxygen atoms in total. The highest BCUT2D eigenvalue weighted by atomic mass is 79.9. The lowest BCUT2D eigenvalue weighted by molar-refractivity contribution is 0.0519. The Morgan fingerprint density at radius 3 is 2.67 bits per heavy atom. The lowest BCUT2D eigenvalue weighted by atomic mass is 10.3. The van der Waals surface area contributed by atoms with Gasteiger partial charge < -0.3 is 4.74 Å². The van der Waals surface area contributed by atoms with Crippen molar-refractivity contribution >= 4 is 32.0 Å². The van der Waals surface area contributed by atoms with Crippen molar-refractivity contribution in [1.29, 1.82) is 0 Å². The molecule has 0 aliphatic rings. The van der Waals surface area contributed by atoms with E-state index in [9.17, 15) is 13.2 Å². The molecule has 0 saturated heterocycles. The summed E-state index contributed by atoms with van der Waals surface area (Å²) < 4.78 is 31.7. The van der Waals surface area contributed by atoms with Crippen molar-refractivity contribution in [2.45, 2.75) is 13.5 Å². The third-order valence-corrected chi connectivity index (χ3v) is 2.75. The lowest BCUT2D eigenvalue weighted by Gasteiger charge is -2.05. The van der Waals surface area contributed by atoms with Crippen LogP contribution in [0.1, 0.15) is 23.1 Å². The Balaban J connectivity index is 2.90. The number of nitrogens with zero attached hydrogens (tertiary/aromatic N) is 1. The number of esters is 1.